The van der Waals surface area contributed by atoms with Crippen LogP contribution in [0.15, 0.2) is 62.8 Å². The van der Waals surface area contributed by atoms with Crippen LogP contribution in [0, 0.1) is 13.8 Å². The molecule has 3 heterocycles. The normalized spacial score (nSPS) is 11.1. The average Bonchev–Trinajstić information content (AvgIpc) is 3.41. The molecule has 0 aliphatic heterocycles. The quantitative estimate of drug-likeness (QED) is 0.312. The number of aromatic nitrogens is 3. The number of ketones is 1. The first-order valence-electron chi connectivity index (χ1n) is 8.51. The predicted octanol–water partition coefficient (Wildman–Crippen LogP) is 5.37. The predicted molar refractivity (Wildman–Crippen MR) is 107 cm³/mol. The van der Waals surface area contributed by atoms with Gasteiger partial charge in [-0.1, -0.05) is 23.4 Å². The van der Waals surface area contributed by atoms with Gasteiger partial charge in [0.15, 0.2) is 11.5 Å². The Morgan fingerprint density at radius 3 is 2.68 bits per heavy atom. The van der Waals surface area contributed by atoms with Gasteiger partial charge in [-0.2, -0.15) is 0 Å². The lowest BCUT2D eigenvalue weighted by Crippen LogP contribution is -2.05. The molecule has 0 saturated heterocycles. The first-order valence-corrected chi connectivity index (χ1v) is 9.87. The number of hydrogen-bond acceptors (Lipinski definition) is 6. The summed E-state index contributed by atoms with van der Waals surface area (Å²) in [5.74, 6) is 0.985. The lowest BCUT2D eigenvalue weighted by atomic mass is 10.2. The molecule has 4 rings (SSSR count). The Labute approximate surface area is 170 Å². The maximum Gasteiger partial charge on any atom is 0.284 e. The minimum absolute atomic E-state index is 0.00365. The van der Waals surface area contributed by atoms with Crippen LogP contribution in [0.25, 0.3) is 17.3 Å². The molecule has 8 heteroatoms. The summed E-state index contributed by atoms with van der Waals surface area (Å²) in [4.78, 5) is 12.8. The van der Waals surface area contributed by atoms with Gasteiger partial charge in [-0.05, 0) is 56.3 Å². The molecule has 0 atom stereocenters. The fourth-order valence-electron chi connectivity index (χ4n) is 3.01. The molecule has 0 amide bonds. The summed E-state index contributed by atoms with van der Waals surface area (Å²) in [6, 6.07) is 12.9. The molecule has 6 nitrogen and oxygen atoms in total. The van der Waals surface area contributed by atoms with Gasteiger partial charge in [0.25, 0.3) is 11.1 Å². The van der Waals surface area contributed by atoms with Gasteiger partial charge in [-0.3, -0.25) is 4.79 Å². The summed E-state index contributed by atoms with van der Waals surface area (Å²) in [6.45, 7) is 3.90. The standard InChI is InChI=1S/C20H16ClN3O3S/c1-12-10-16(13(2)24(12)15-7-5-14(21)6-8-15)17(25)11-28-20-23-22-19(27-20)18-4-3-9-26-18/h3-10H,11H2,1-2H3. The van der Waals surface area contributed by atoms with Gasteiger partial charge in [0.05, 0.1) is 12.0 Å². The van der Waals surface area contributed by atoms with Gasteiger partial charge in [-0.25, -0.2) is 0 Å². The second-order valence-corrected chi connectivity index (χ2v) is 7.52. The molecule has 0 unspecified atom stereocenters. The molecule has 0 fully saturated rings. The number of Topliss-reactive ketones (excluding diaryl/α,β-unsaturated/α-hetero) is 1. The lowest BCUT2D eigenvalue weighted by molar-refractivity contribution is 0.102. The highest BCUT2D eigenvalue weighted by Crippen LogP contribution is 2.26. The molecule has 142 valence electrons. The van der Waals surface area contributed by atoms with Crippen LogP contribution in [0.5, 0.6) is 0 Å². The van der Waals surface area contributed by atoms with Crippen molar-refractivity contribution in [2.24, 2.45) is 0 Å². The summed E-state index contributed by atoms with van der Waals surface area (Å²) < 4.78 is 12.8. The minimum atomic E-state index is -0.00365. The Morgan fingerprint density at radius 1 is 1.18 bits per heavy atom. The number of rotatable bonds is 6. The van der Waals surface area contributed by atoms with Crippen LogP contribution in [-0.4, -0.2) is 26.3 Å². The Kier molecular flexibility index (Phi) is 5.11. The number of aryl methyl sites for hydroxylation is 1. The lowest BCUT2D eigenvalue weighted by Gasteiger charge is -2.09. The molecule has 4 aromatic rings. The molecule has 0 saturated carbocycles. The zero-order valence-corrected chi connectivity index (χ0v) is 16.8. The van der Waals surface area contributed by atoms with Crippen LogP contribution in [0.3, 0.4) is 0 Å². The topological polar surface area (TPSA) is 74.1 Å². The fourth-order valence-corrected chi connectivity index (χ4v) is 3.78. The van der Waals surface area contributed by atoms with E-state index in [1.807, 2.05) is 48.7 Å². The van der Waals surface area contributed by atoms with Crippen molar-refractivity contribution in [1.29, 1.82) is 0 Å². The molecule has 0 N–H and O–H groups in total. The second-order valence-electron chi connectivity index (χ2n) is 6.16. The zero-order valence-electron chi connectivity index (χ0n) is 15.2. The van der Waals surface area contributed by atoms with Gasteiger partial charge >= 0.3 is 0 Å². The maximum absolute atomic E-state index is 12.8. The average molecular weight is 414 g/mol. The van der Waals surface area contributed by atoms with E-state index in [-0.39, 0.29) is 11.5 Å². The number of halogens is 1. The van der Waals surface area contributed by atoms with Crippen LogP contribution in [-0.2, 0) is 0 Å². The van der Waals surface area contributed by atoms with E-state index in [9.17, 15) is 4.79 Å². The fraction of sp³-hybridized carbons (Fsp3) is 0.150. The summed E-state index contributed by atoms with van der Waals surface area (Å²) >= 11 is 7.18. The van der Waals surface area contributed by atoms with E-state index >= 15 is 0 Å². The van der Waals surface area contributed by atoms with Gasteiger partial charge in [0.2, 0.25) is 0 Å². The van der Waals surface area contributed by atoms with Crippen molar-refractivity contribution < 1.29 is 13.6 Å². The monoisotopic (exact) mass is 413 g/mol. The van der Waals surface area contributed by atoms with Crippen molar-refractivity contribution >= 4 is 29.1 Å². The van der Waals surface area contributed by atoms with Crippen molar-refractivity contribution in [1.82, 2.24) is 14.8 Å². The van der Waals surface area contributed by atoms with E-state index in [0.717, 1.165) is 17.1 Å². The first kappa shape index (κ1) is 18.6. The number of nitrogens with zero attached hydrogens (tertiary/aromatic N) is 3. The van der Waals surface area contributed by atoms with Gasteiger partial charge < -0.3 is 13.4 Å². The van der Waals surface area contributed by atoms with E-state index in [0.29, 0.717) is 27.5 Å². The number of furan rings is 1. The van der Waals surface area contributed by atoms with Gasteiger partial charge in [0, 0.05) is 27.7 Å². The number of hydrogen-bond donors (Lipinski definition) is 0. The number of benzene rings is 1. The largest absolute Gasteiger partial charge is 0.459 e. The molecule has 3 aromatic heterocycles. The molecular weight excluding hydrogens is 398 g/mol. The van der Waals surface area contributed by atoms with Crippen molar-refractivity contribution in [3.63, 3.8) is 0 Å². The molecule has 0 aliphatic rings. The number of carbonyl (C=O) groups excluding carboxylic acids is 1. The molecule has 0 radical (unpaired) electrons. The zero-order chi connectivity index (χ0) is 19.7. The van der Waals surface area contributed by atoms with Crippen molar-refractivity contribution in [2.75, 3.05) is 5.75 Å². The third kappa shape index (κ3) is 3.63. The highest BCUT2D eigenvalue weighted by atomic mass is 35.5. The van der Waals surface area contributed by atoms with E-state index in [1.54, 1.807) is 12.1 Å². The Bertz CT molecular complexity index is 1110. The smallest absolute Gasteiger partial charge is 0.284 e. The highest BCUT2D eigenvalue weighted by Gasteiger charge is 2.19. The minimum Gasteiger partial charge on any atom is -0.459 e. The molecular formula is C20H16ClN3O3S. The van der Waals surface area contributed by atoms with Crippen LogP contribution < -0.4 is 0 Å². The first-order chi connectivity index (χ1) is 13.5. The van der Waals surface area contributed by atoms with E-state index in [2.05, 4.69) is 10.2 Å². The summed E-state index contributed by atoms with van der Waals surface area (Å²) in [5.41, 5.74) is 3.50. The molecule has 1 aromatic carbocycles. The summed E-state index contributed by atoms with van der Waals surface area (Å²) in [6.07, 6.45) is 1.53. The third-order valence-electron chi connectivity index (χ3n) is 4.28. The highest BCUT2D eigenvalue weighted by molar-refractivity contribution is 7.99. The Morgan fingerprint density at radius 2 is 1.96 bits per heavy atom. The number of carbonyl (C=O) groups is 1. The molecule has 28 heavy (non-hydrogen) atoms. The van der Waals surface area contributed by atoms with Crippen molar-refractivity contribution in [3.8, 4) is 17.3 Å². The Hall–Kier alpha value is -2.77. The third-order valence-corrected chi connectivity index (χ3v) is 5.35. The van der Waals surface area contributed by atoms with Gasteiger partial charge in [-0.15, -0.1) is 10.2 Å². The van der Waals surface area contributed by atoms with Crippen LogP contribution >= 0.6 is 23.4 Å². The number of thioether (sulfide) groups is 1. The molecule has 0 bridgehead atoms. The molecule has 0 aliphatic carbocycles. The summed E-state index contributed by atoms with van der Waals surface area (Å²) in [7, 11) is 0. The van der Waals surface area contributed by atoms with E-state index in [4.69, 9.17) is 20.4 Å². The van der Waals surface area contributed by atoms with Crippen LogP contribution in [0.1, 0.15) is 21.7 Å². The van der Waals surface area contributed by atoms with E-state index in [1.165, 1.54) is 18.0 Å². The van der Waals surface area contributed by atoms with Gasteiger partial charge in [0.1, 0.15) is 0 Å². The maximum atomic E-state index is 12.8. The second kappa shape index (κ2) is 7.69. The van der Waals surface area contributed by atoms with Crippen molar-refractivity contribution in [3.05, 3.63) is 70.7 Å². The van der Waals surface area contributed by atoms with Crippen molar-refractivity contribution in [2.45, 2.75) is 19.1 Å². The Balaban J connectivity index is 1.50. The molecule has 0 spiro atoms. The SMILES string of the molecule is Cc1cc(C(=O)CSc2nnc(-c3ccco3)o2)c(C)n1-c1ccc(Cl)cc1. The van der Waals surface area contributed by atoms with E-state index < -0.39 is 0 Å². The van der Waals surface area contributed by atoms with Crippen LogP contribution in [0.2, 0.25) is 5.02 Å². The summed E-state index contributed by atoms with van der Waals surface area (Å²) in [5, 5.41) is 8.89. The van der Waals surface area contributed by atoms with Crippen LogP contribution in [0.4, 0.5) is 0 Å².